The van der Waals surface area contributed by atoms with Crippen LogP contribution in [-0.2, 0) is 18.3 Å². The summed E-state index contributed by atoms with van der Waals surface area (Å²) in [6.45, 7) is 11.6. The third-order valence-corrected chi connectivity index (χ3v) is 6.36. The third-order valence-electron chi connectivity index (χ3n) is 4.20. The molecule has 1 atom stereocenters. The van der Waals surface area contributed by atoms with Crippen molar-refractivity contribution in [2.24, 2.45) is 5.92 Å². The first-order valence-corrected chi connectivity index (χ1v) is 11.3. The first-order chi connectivity index (χ1) is 11.7. The second-order valence-corrected chi connectivity index (χ2v) is 9.76. The normalized spacial score (nSPS) is 19.6. The van der Waals surface area contributed by atoms with Crippen molar-refractivity contribution in [3.63, 3.8) is 0 Å². The average Bonchev–Trinajstić information content (AvgIpc) is 2.72. The molecule has 0 aliphatic carbocycles. The average molecular weight is 377 g/mol. The molecule has 0 aromatic carbocycles. The van der Waals surface area contributed by atoms with Crippen LogP contribution in [0.15, 0.2) is 0 Å². The number of amides is 1. The maximum atomic E-state index is 12.5. The molecule has 1 fully saturated rings. The van der Waals surface area contributed by atoms with Gasteiger partial charge in [0.1, 0.15) is 5.60 Å². The molecular weight excluding hydrogens is 341 g/mol. The van der Waals surface area contributed by atoms with Crippen LogP contribution >= 0.6 is 7.60 Å². The van der Waals surface area contributed by atoms with Gasteiger partial charge >= 0.3 is 13.7 Å². The van der Waals surface area contributed by atoms with E-state index in [9.17, 15) is 9.36 Å². The van der Waals surface area contributed by atoms with Crippen LogP contribution in [0.3, 0.4) is 0 Å². The van der Waals surface area contributed by atoms with Crippen molar-refractivity contribution >= 4 is 13.7 Å². The number of hydrogen-bond donors (Lipinski definition) is 0. The highest BCUT2D eigenvalue weighted by atomic mass is 31.2. The lowest BCUT2D eigenvalue weighted by molar-refractivity contribution is 0.0255. The summed E-state index contributed by atoms with van der Waals surface area (Å²) in [7, 11) is -2.93. The van der Waals surface area contributed by atoms with Crippen molar-refractivity contribution in [3.05, 3.63) is 0 Å². The molecule has 1 aliphatic rings. The molecule has 1 heterocycles. The molecular formula is C18H36NO5P. The summed E-state index contributed by atoms with van der Waals surface area (Å²) in [6.07, 6.45) is 5.12. The SMILES string of the molecule is CCOP(=O)(CCCC1CCCN(C(=O)OC(C)(C)C)CC1)OCC. The van der Waals surface area contributed by atoms with E-state index in [0.717, 1.165) is 45.2 Å². The number of rotatable bonds is 8. The molecule has 0 aromatic rings. The monoisotopic (exact) mass is 377 g/mol. The highest BCUT2D eigenvalue weighted by Crippen LogP contribution is 2.49. The lowest BCUT2D eigenvalue weighted by Crippen LogP contribution is -2.37. The minimum atomic E-state index is -2.93. The van der Waals surface area contributed by atoms with E-state index in [4.69, 9.17) is 13.8 Å². The zero-order valence-electron chi connectivity index (χ0n) is 16.6. The van der Waals surface area contributed by atoms with Gasteiger partial charge in [-0.05, 0) is 72.6 Å². The third kappa shape index (κ3) is 9.07. The predicted molar refractivity (Wildman–Crippen MR) is 100 cm³/mol. The molecule has 0 bridgehead atoms. The van der Waals surface area contributed by atoms with Gasteiger partial charge in [-0.2, -0.15) is 0 Å². The molecule has 0 aromatic heterocycles. The van der Waals surface area contributed by atoms with Crippen molar-refractivity contribution in [2.75, 3.05) is 32.5 Å². The van der Waals surface area contributed by atoms with Crippen molar-refractivity contribution in [2.45, 2.75) is 72.3 Å². The number of nitrogens with zero attached hydrogens (tertiary/aromatic N) is 1. The Bertz CT molecular complexity index is 439. The minimum absolute atomic E-state index is 0.217. The van der Waals surface area contributed by atoms with E-state index in [1.807, 2.05) is 39.5 Å². The van der Waals surface area contributed by atoms with E-state index in [-0.39, 0.29) is 6.09 Å². The van der Waals surface area contributed by atoms with Gasteiger partial charge in [0, 0.05) is 13.1 Å². The number of likely N-dealkylation sites (tertiary alicyclic amines) is 1. The molecule has 7 heteroatoms. The van der Waals surface area contributed by atoms with Crippen LogP contribution in [0.2, 0.25) is 0 Å². The van der Waals surface area contributed by atoms with Crippen LogP contribution in [-0.4, -0.2) is 49.1 Å². The van der Waals surface area contributed by atoms with E-state index >= 15 is 0 Å². The van der Waals surface area contributed by atoms with Gasteiger partial charge in [-0.15, -0.1) is 0 Å². The Morgan fingerprint density at radius 1 is 1.12 bits per heavy atom. The summed E-state index contributed by atoms with van der Waals surface area (Å²) >= 11 is 0. The Hall–Kier alpha value is -0.580. The number of hydrogen-bond acceptors (Lipinski definition) is 5. The quantitative estimate of drug-likeness (QED) is 0.553. The Morgan fingerprint density at radius 2 is 1.76 bits per heavy atom. The molecule has 0 N–H and O–H groups in total. The standard InChI is InChI=1S/C18H36NO5P/c1-6-22-25(21,23-7-2)15-9-11-16-10-8-13-19(14-12-16)17(20)24-18(3,4)5/h16H,6-15H2,1-5H3. The number of carbonyl (C=O) groups excluding carboxylic acids is 1. The Labute approximate surface area is 153 Å². The Kier molecular flexibility index (Phi) is 9.47. The van der Waals surface area contributed by atoms with Crippen LogP contribution in [0.25, 0.3) is 0 Å². The highest BCUT2D eigenvalue weighted by Gasteiger charge is 2.27. The van der Waals surface area contributed by atoms with Crippen LogP contribution in [0.4, 0.5) is 4.79 Å². The highest BCUT2D eigenvalue weighted by molar-refractivity contribution is 7.53. The van der Waals surface area contributed by atoms with Crippen LogP contribution < -0.4 is 0 Å². The Morgan fingerprint density at radius 3 is 2.32 bits per heavy atom. The van der Waals surface area contributed by atoms with Gasteiger partial charge in [-0.1, -0.05) is 0 Å². The number of ether oxygens (including phenoxy) is 1. The van der Waals surface area contributed by atoms with E-state index < -0.39 is 13.2 Å². The van der Waals surface area contributed by atoms with Crippen molar-refractivity contribution in [1.29, 1.82) is 0 Å². The van der Waals surface area contributed by atoms with E-state index in [2.05, 4.69) is 0 Å². The predicted octanol–water partition coefficient (Wildman–Crippen LogP) is 5.07. The van der Waals surface area contributed by atoms with Gasteiger partial charge in [0.15, 0.2) is 0 Å². The summed E-state index contributed by atoms with van der Waals surface area (Å²) in [5.74, 6) is 0.545. The van der Waals surface area contributed by atoms with Crippen molar-refractivity contribution < 1.29 is 23.1 Å². The number of carbonyl (C=O) groups is 1. The topological polar surface area (TPSA) is 65.1 Å². The molecule has 1 aliphatic heterocycles. The minimum Gasteiger partial charge on any atom is -0.444 e. The lowest BCUT2D eigenvalue weighted by Gasteiger charge is -2.26. The smallest absolute Gasteiger partial charge is 0.410 e. The molecule has 1 amide bonds. The van der Waals surface area contributed by atoms with Gasteiger partial charge in [0.2, 0.25) is 0 Å². The first kappa shape index (κ1) is 22.5. The fourth-order valence-corrected chi connectivity index (χ4v) is 4.79. The second-order valence-electron chi connectivity index (χ2n) is 7.58. The van der Waals surface area contributed by atoms with Gasteiger partial charge in [0.05, 0.1) is 19.4 Å². The van der Waals surface area contributed by atoms with Gasteiger partial charge in [0.25, 0.3) is 0 Å². The summed E-state index contributed by atoms with van der Waals surface area (Å²) in [4.78, 5) is 14.0. The maximum absolute atomic E-state index is 12.5. The fraction of sp³-hybridized carbons (Fsp3) is 0.944. The summed E-state index contributed by atoms with van der Waals surface area (Å²) in [6, 6.07) is 0. The van der Waals surface area contributed by atoms with Crippen LogP contribution in [0.1, 0.15) is 66.7 Å². The van der Waals surface area contributed by atoms with Crippen LogP contribution in [0.5, 0.6) is 0 Å². The van der Waals surface area contributed by atoms with Crippen molar-refractivity contribution in [3.8, 4) is 0 Å². The summed E-state index contributed by atoms with van der Waals surface area (Å²) in [5, 5.41) is 0. The molecule has 0 saturated carbocycles. The summed E-state index contributed by atoms with van der Waals surface area (Å²) < 4.78 is 28.6. The molecule has 1 unspecified atom stereocenters. The van der Waals surface area contributed by atoms with E-state index in [1.165, 1.54) is 0 Å². The summed E-state index contributed by atoms with van der Waals surface area (Å²) in [5.41, 5.74) is -0.456. The Balaban J connectivity index is 2.40. The largest absolute Gasteiger partial charge is 0.444 e. The van der Waals surface area contributed by atoms with Gasteiger partial charge < -0.3 is 18.7 Å². The lowest BCUT2D eigenvalue weighted by atomic mass is 9.96. The molecule has 0 spiro atoms. The molecule has 1 saturated heterocycles. The maximum Gasteiger partial charge on any atom is 0.410 e. The molecule has 25 heavy (non-hydrogen) atoms. The first-order valence-electron chi connectivity index (χ1n) is 9.55. The van der Waals surface area contributed by atoms with E-state index in [1.54, 1.807) is 0 Å². The zero-order valence-corrected chi connectivity index (χ0v) is 17.5. The fourth-order valence-electron chi connectivity index (χ4n) is 3.10. The van der Waals surface area contributed by atoms with Crippen LogP contribution in [0, 0.1) is 5.92 Å². The molecule has 6 nitrogen and oxygen atoms in total. The van der Waals surface area contributed by atoms with Gasteiger partial charge in [-0.25, -0.2) is 4.79 Å². The molecule has 1 rings (SSSR count). The molecule has 148 valence electrons. The second kappa shape index (κ2) is 10.5. The van der Waals surface area contributed by atoms with Crippen molar-refractivity contribution in [1.82, 2.24) is 4.90 Å². The van der Waals surface area contributed by atoms with E-state index in [0.29, 0.717) is 25.3 Å². The molecule has 0 radical (unpaired) electrons. The van der Waals surface area contributed by atoms with Gasteiger partial charge in [-0.3, -0.25) is 4.57 Å². The zero-order chi connectivity index (χ0) is 18.9.